The first-order valence-electron chi connectivity index (χ1n) is 9.65. The molecule has 0 saturated heterocycles. The van der Waals surface area contributed by atoms with Gasteiger partial charge in [0.05, 0.1) is 17.3 Å². The van der Waals surface area contributed by atoms with Crippen LogP contribution in [0, 0.1) is 6.92 Å². The summed E-state index contributed by atoms with van der Waals surface area (Å²) in [6, 6.07) is 22.0. The molecule has 0 aliphatic rings. The van der Waals surface area contributed by atoms with E-state index in [1.54, 1.807) is 30.2 Å². The maximum atomic E-state index is 12.3. The van der Waals surface area contributed by atoms with E-state index in [4.69, 9.17) is 9.72 Å². The Morgan fingerprint density at radius 3 is 2.57 bits per heavy atom. The molecule has 1 aromatic heterocycles. The van der Waals surface area contributed by atoms with Crippen LogP contribution in [0.25, 0.3) is 20.8 Å². The average molecular weight is 435 g/mol. The van der Waals surface area contributed by atoms with Gasteiger partial charge in [-0.2, -0.15) is 0 Å². The lowest BCUT2D eigenvalue weighted by atomic mass is 10.2. The van der Waals surface area contributed by atoms with Gasteiger partial charge in [0.15, 0.2) is 0 Å². The summed E-state index contributed by atoms with van der Waals surface area (Å²) in [6.07, 6.45) is 0.454. The van der Waals surface area contributed by atoms with Crippen LogP contribution in [0.5, 0.6) is 5.75 Å². The number of ether oxygens (including phenoxy) is 1. The van der Waals surface area contributed by atoms with E-state index >= 15 is 0 Å². The molecule has 6 heteroatoms. The summed E-state index contributed by atoms with van der Waals surface area (Å²) < 4.78 is 6.35. The number of methoxy groups -OCH3 is 1. The molecule has 152 valence electrons. The van der Waals surface area contributed by atoms with Crippen molar-refractivity contribution in [2.75, 3.05) is 18.2 Å². The van der Waals surface area contributed by atoms with Gasteiger partial charge in [-0.1, -0.05) is 6.07 Å². The number of thioether (sulfide) groups is 1. The SMILES string of the molecule is COc1ccc(SCCC(=O)Nc2ccc(-c3nc4ccc(C)cc4s3)cc2)cc1. The Morgan fingerprint density at radius 1 is 1.07 bits per heavy atom. The van der Waals surface area contributed by atoms with E-state index in [9.17, 15) is 4.79 Å². The molecule has 1 amide bonds. The second kappa shape index (κ2) is 9.32. The van der Waals surface area contributed by atoms with Crippen LogP contribution in [0.15, 0.2) is 71.6 Å². The van der Waals surface area contributed by atoms with E-state index in [0.29, 0.717) is 6.42 Å². The predicted molar refractivity (Wildman–Crippen MR) is 127 cm³/mol. The maximum Gasteiger partial charge on any atom is 0.225 e. The van der Waals surface area contributed by atoms with Crippen molar-refractivity contribution in [3.05, 3.63) is 72.3 Å². The first-order valence-corrected chi connectivity index (χ1v) is 11.5. The highest BCUT2D eigenvalue weighted by molar-refractivity contribution is 7.99. The molecule has 0 bridgehead atoms. The Bertz CT molecular complexity index is 1150. The van der Waals surface area contributed by atoms with Crippen molar-refractivity contribution < 1.29 is 9.53 Å². The minimum atomic E-state index is 0.0132. The average Bonchev–Trinajstić information content (AvgIpc) is 3.18. The van der Waals surface area contributed by atoms with E-state index in [1.807, 2.05) is 48.5 Å². The molecule has 0 spiro atoms. The summed E-state index contributed by atoms with van der Waals surface area (Å²) in [6.45, 7) is 2.09. The minimum Gasteiger partial charge on any atom is -0.497 e. The second-order valence-corrected chi connectivity index (χ2v) is 9.09. The fourth-order valence-corrected chi connectivity index (χ4v) is 4.93. The van der Waals surface area contributed by atoms with Gasteiger partial charge in [0.1, 0.15) is 10.8 Å². The molecule has 0 fully saturated rings. The number of aromatic nitrogens is 1. The lowest BCUT2D eigenvalue weighted by Gasteiger charge is -2.06. The van der Waals surface area contributed by atoms with E-state index < -0.39 is 0 Å². The Kier molecular flexibility index (Phi) is 6.35. The Morgan fingerprint density at radius 2 is 1.83 bits per heavy atom. The summed E-state index contributed by atoms with van der Waals surface area (Å²) in [5.41, 5.74) is 4.12. The zero-order chi connectivity index (χ0) is 20.9. The van der Waals surface area contributed by atoms with Crippen molar-refractivity contribution in [2.24, 2.45) is 0 Å². The largest absolute Gasteiger partial charge is 0.497 e. The van der Waals surface area contributed by atoms with Crippen LogP contribution < -0.4 is 10.1 Å². The first-order chi connectivity index (χ1) is 14.6. The number of nitrogens with zero attached hydrogens (tertiary/aromatic N) is 1. The van der Waals surface area contributed by atoms with Crippen LogP contribution in [0.4, 0.5) is 5.69 Å². The molecule has 3 aromatic carbocycles. The lowest BCUT2D eigenvalue weighted by Crippen LogP contribution is -2.12. The molecule has 0 radical (unpaired) electrons. The quantitative estimate of drug-likeness (QED) is 0.342. The Balaban J connectivity index is 1.31. The van der Waals surface area contributed by atoms with Gasteiger partial charge in [-0.05, 0) is 73.2 Å². The number of anilines is 1. The Hall–Kier alpha value is -2.83. The van der Waals surface area contributed by atoms with E-state index in [2.05, 4.69) is 30.4 Å². The summed E-state index contributed by atoms with van der Waals surface area (Å²) in [5.74, 6) is 1.57. The molecule has 0 atom stereocenters. The first kappa shape index (κ1) is 20.4. The lowest BCUT2D eigenvalue weighted by molar-refractivity contribution is -0.115. The van der Waals surface area contributed by atoms with Gasteiger partial charge in [0.25, 0.3) is 0 Å². The topological polar surface area (TPSA) is 51.2 Å². The maximum absolute atomic E-state index is 12.3. The second-order valence-electron chi connectivity index (χ2n) is 6.89. The predicted octanol–water partition coefficient (Wildman–Crippen LogP) is 6.40. The summed E-state index contributed by atoms with van der Waals surface area (Å²) in [7, 11) is 1.65. The third-order valence-electron chi connectivity index (χ3n) is 4.62. The molecule has 0 aliphatic carbocycles. The normalized spacial score (nSPS) is 10.9. The Labute approximate surface area is 184 Å². The number of hydrogen-bond acceptors (Lipinski definition) is 5. The number of carbonyl (C=O) groups is 1. The molecule has 4 nitrogen and oxygen atoms in total. The number of rotatable bonds is 7. The van der Waals surface area contributed by atoms with Gasteiger partial charge in [-0.25, -0.2) is 4.98 Å². The van der Waals surface area contributed by atoms with Crippen molar-refractivity contribution in [3.8, 4) is 16.3 Å². The van der Waals surface area contributed by atoms with Gasteiger partial charge in [-0.15, -0.1) is 23.1 Å². The van der Waals surface area contributed by atoms with Crippen LogP contribution in [0.2, 0.25) is 0 Å². The fourth-order valence-electron chi connectivity index (χ4n) is 3.01. The molecule has 0 unspecified atom stereocenters. The number of carbonyl (C=O) groups excluding carboxylic acids is 1. The van der Waals surface area contributed by atoms with Gasteiger partial charge in [0, 0.05) is 28.3 Å². The highest BCUT2D eigenvalue weighted by atomic mass is 32.2. The number of benzene rings is 3. The molecular formula is C24H22N2O2S2. The van der Waals surface area contributed by atoms with Gasteiger partial charge in [0.2, 0.25) is 5.91 Å². The van der Waals surface area contributed by atoms with Gasteiger partial charge in [-0.3, -0.25) is 4.79 Å². The number of hydrogen-bond donors (Lipinski definition) is 1. The smallest absolute Gasteiger partial charge is 0.225 e. The molecule has 0 aliphatic heterocycles. The molecular weight excluding hydrogens is 412 g/mol. The zero-order valence-electron chi connectivity index (χ0n) is 16.8. The summed E-state index contributed by atoms with van der Waals surface area (Å²) in [4.78, 5) is 18.1. The van der Waals surface area contributed by atoms with Crippen molar-refractivity contribution in [1.29, 1.82) is 0 Å². The molecule has 0 saturated carbocycles. The van der Waals surface area contributed by atoms with Gasteiger partial charge >= 0.3 is 0 Å². The molecule has 30 heavy (non-hydrogen) atoms. The monoisotopic (exact) mass is 434 g/mol. The third-order valence-corrected chi connectivity index (χ3v) is 6.70. The van der Waals surface area contributed by atoms with E-state index in [0.717, 1.165) is 38.2 Å². The molecule has 1 N–H and O–H groups in total. The number of thiazole rings is 1. The van der Waals surface area contributed by atoms with E-state index in [-0.39, 0.29) is 5.91 Å². The highest BCUT2D eigenvalue weighted by Gasteiger charge is 2.08. The van der Waals surface area contributed by atoms with Crippen molar-refractivity contribution in [3.63, 3.8) is 0 Å². The zero-order valence-corrected chi connectivity index (χ0v) is 18.5. The highest BCUT2D eigenvalue weighted by Crippen LogP contribution is 2.31. The van der Waals surface area contributed by atoms with Crippen LogP contribution in [0.1, 0.15) is 12.0 Å². The van der Waals surface area contributed by atoms with Crippen molar-refractivity contribution in [1.82, 2.24) is 4.98 Å². The number of fused-ring (bicyclic) bond motifs is 1. The molecule has 4 rings (SSSR count). The number of aryl methyl sites for hydroxylation is 1. The van der Waals surface area contributed by atoms with Gasteiger partial charge < -0.3 is 10.1 Å². The standard InChI is InChI=1S/C24H22N2O2S2/c1-16-3-12-21-22(15-16)30-24(26-21)17-4-6-18(7-5-17)25-23(27)13-14-29-20-10-8-19(28-2)9-11-20/h3-12,15H,13-14H2,1-2H3,(H,25,27). The molecule has 1 heterocycles. The van der Waals surface area contributed by atoms with E-state index in [1.165, 1.54) is 10.3 Å². The summed E-state index contributed by atoms with van der Waals surface area (Å²) in [5, 5.41) is 3.96. The van der Waals surface area contributed by atoms with Crippen LogP contribution in [0.3, 0.4) is 0 Å². The third kappa shape index (κ3) is 5.01. The molecule has 4 aromatic rings. The number of nitrogens with one attached hydrogen (secondary N) is 1. The fraction of sp³-hybridized carbons (Fsp3) is 0.167. The van der Waals surface area contributed by atoms with Crippen molar-refractivity contribution >= 4 is 44.9 Å². The van der Waals surface area contributed by atoms with Crippen LogP contribution in [-0.2, 0) is 4.79 Å². The van der Waals surface area contributed by atoms with Crippen molar-refractivity contribution in [2.45, 2.75) is 18.2 Å². The summed E-state index contributed by atoms with van der Waals surface area (Å²) >= 11 is 3.34. The van der Waals surface area contributed by atoms with Crippen LogP contribution in [-0.4, -0.2) is 23.8 Å². The number of amides is 1. The minimum absolute atomic E-state index is 0.0132. The van der Waals surface area contributed by atoms with Crippen LogP contribution >= 0.6 is 23.1 Å².